The predicted molar refractivity (Wildman–Crippen MR) is 69.9 cm³/mol. The van der Waals surface area contributed by atoms with Crippen LogP contribution >= 0.6 is 0 Å². The summed E-state index contributed by atoms with van der Waals surface area (Å²) in [5, 5.41) is 0. The molecule has 0 aliphatic carbocycles. The van der Waals surface area contributed by atoms with E-state index in [9.17, 15) is 8.78 Å². The van der Waals surface area contributed by atoms with E-state index in [2.05, 4.69) is 20.8 Å². The number of ether oxygens (including phenoxy) is 1. The molecule has 0 bridgehead atoms. The molecule has 0 aliphatic heterocycles. The van der Waals surface area contributed by atoms with Gasteiger partial charge in [-0.1, -0.05) is 20.8 Å². The van der Waals surface area contributed by atoms with E-state index >= 15 is 0 Å². The lowest BCUT2D eigenvalue weighted by Gasteiger charge is -2.33. The fourth-order valence-corrected chi connectivity index (χ4v) is 2.37. The van der Waals surface area contributed by atoms with Crippen molar-refractivity contribution in [3.63, 3.8) is 0 Å². The van der Waals surface area contributed by atoms with Crippen LogP contribution in [0.2, 0.25) is 0 Å². The molecule has 1 nitrogen and oxygen atoms in total. The highest BCUT2D eigenvalue weighted by Crippen LogP contribution is 2.33. The second-order valence-corrected chi connectivity index (χ2v) is 6.66. The van der Waals surface area contributed by atoms with Crippen LogP contribution < -0.4 is 4.74 Å². The number of halogens is 2. The molecule has 0 spiro atoms. The summed E-state index contributed by atoms with van der Waals surface area (Å²) in [5.74, 6) is -1.57. The van der Waals surface area contributed by atoms with Crippen LogP contribution in [0.5, 0.6) is 5.75 Å². The van der Waals surface area contributed by atoms with E-state index in [-0.39, 0.29) is 11.2 Å². The van der Waals surface area contributed by atoms with E-state index in [1.54, 1.807) is 6.92 Å². The van der Waals surface area contributed by atoms with Gasteiger partial charge in [-0.25, -0.2) is 8.78 Å². The van der Waals surface area contributed by atoms with E-state index in [1.165, 1.54) is 12.1 Å². The van der Waals surface area contributed by atoms with Gasteiger partial charge in [-0.15, -0.1) is 0 Å². The molecule has 102 valence electrons. The van der Waals surface area contributed by atoms with Gasteiger partial charge in [-0.05, 0) is 50.3 Å². The van der Waals surface area contributed by atoms with E-state index in [1.807, 2.05) is 13.8 Å². The minimum absolute atomic E-state index is 0.0289. The molecule has 3 heteroatoms. The molecule has 0 saturated carbocycles. The van der Waals surface area contributed by atoms with Crippen LogP contribution in [0.4, 0.5) is 8.78 Å². The molecule has 0 saturated heterocycles. The Morgan fingerprint density at radius 3 is 1.83 bits per heavy atom. The topological polar surface area (TPSA) is 9.23 Å². The molecular formula is C15H22F2O. The van der Waals surface area contributed by atoms with E-state index in [0.29, 0.717) is 12.0 Å². The molecule has 0 aliphatic rings. The highest BCUT2D eigenvalue weighted by atomic mass is 19.1. The van der Waals surface area contributed by atoms with Crippen molar-refractivity contribution in [3.05, 3.63) is 29.3 Å². The van der Waals surface area contributed by atoms with Crippen LogP contribution in [-0.2, 0) is 0 Å². The Hall–Kier alpha value is -1.12. The van der Waals surface area contributed by atoms with Gasteiger partial charge < -0.3 is 4.74 Å². The van der Waals surface area contributed by atoms with Gasteiger partial charge >= 0.3 is 0 Å². The van der Waals surface area contributed by atoms with Crippen LogP contribution in [0.15, 0.2) is 12.1 Å². The van der Waals surface area contributed by atoms with Gasteiger partial charge in [0.2, 0.25) is 0 Å². The Balaban J connectivity index is 2.97. The van der Waals surface area contributed by atoms with Gasteiger partial charge in [0.15, 0.2) is 17.4 Å². The standard InChI is InChI=1S/C15H22F2O/c1-10-7-11(16)13(12(17)8-10)18-15(5,6)9-14(2,3)4/h7-8H,9H2,1-6H3. The van der Waals surface area contributed by atoms with Gasteiger partial charge in [-0.2, -0.15) is 0 Å². The molecule has 0 aromatic heterocycles. The molecule has 1 aromatic carbocycles. The summed E-state index contributed by atoms with van der Waals surface area (Å²) in [6.07, 6.45) is 0.701. The van der Waals surface area contributed by atoms with Gasteiger partial charge in [-0.3, -0.25) is 0 Å². The largest absolute Gasteiger partial charge is 0.482 e. The maximum absolute atomic E-state index is 13.7. The smallest absolute Gasteiger partial charge is 0.191 e. The minimum Gasteiger partial charge on any atom is -0.482 e. The van der Waals surface area contributed by atoms with Crippen LogP contribution in [-0.4, -0.2) is 5.60 Å². The zero-order valence-corrected chi connectivity index (χ0v) is 12.0. The first-order chi connectivity index (χ1) is 8.00. The zero-order valence-electron chi connectivity index (χ0n) is 12.0. The Morgan fingerprint density at radius 2 is 1.44 bits per heavy atom. The summed E-state index contributed by atoms with van der Waals surface area (Å²) in [6.45, 7) is 11.5. The summed E-state index contributed by atoms with van der Waals surface area (Å²) >= 11 is 0. The van der Waals surface area contributed by atoms with Crippen LogP contribution in [0.1, 0.15) is 46.6 Å². The molecule has 1 aromatic rings. The lowest BCUT2D eigenvalue weighted by Crippen LogP contribution is -2.34. The number of hydrogen-bond donors (Lipinski definition) is 0. The van der Waals surface area contributed by atoms with Crippen molar-refractivity contribution in [2.75, 3.05) is 0 Å². The van der Waals surface area contributed by atoms with Crippen molar-refractivity contribution >= 4 is 0 Å². The van der Waals surface area contributed by atoms with E-state index in [0.717, 1.165) is 0 Å². The van der Waals surface area contributed by atoms with Gasteiger partial charge in [0.25, 0.3) is 0 Å². The average molecular weight is 256 g/mol. The molecular weight excluding hydrogens is 234 g/mol. The summed E-state index contributed by atoms with van der Waals surface area (Å²) in [4.78, 5) is 0. The third kappa shape index (κ3) is 4.28. The first-order valence-corrected chi connectivity index (χ1v) is 6.15. The number of benzene rings is 1. The fraction of sp³-hybridized carbons (Fsp3) is 0.600. The molecule has 0 fully saturated rings. The maximum atomic E-state index is 13.7. The van der Waals surface area contributed by atoms with Crippen molar-refractivity contribution < 1.29 is 13.5 Å². The lowest BCUT2D eigenvalue weighted by molar-refractivity contribution is 0.0537. The molecule has 0 heterocycles. The Bertz CT molecular complexity index is 408. The van der Waals surface area contributed by atoms with E-state index < -0.39 is 17.2 Å². The molecule has 0 N–H and O–H groups in total. The highest BCUT2D eigenvalue weighted by Gasteiger charge is 2.29. The summed E-state index contributed by atoms with van der Waals surface area (Å²) in [5.41, 5.74) is -0.0398. The van der Waals surface area contributed by atoms with E-state index in [4.69, 9.17) is 4.74 Å². The molecule has 0 atom stereocenters. The summed E-state index contributed by atoms with van der Waals surface area (Å²) < 4.78 is 33.0. The van der Waals surface area contributed by atoms with Crippen molar-refractivity contribution in [2.24, 2.45) is 5.41 Å². The monoisotopic (exact) mass is 256 g/mol. The highest BCUT2D eigenvalue weighted by molar-refractivity contribution is 5.31. The molecule has 0 unspecified atom stereocenters. The molecule has 1 rings (SSSR count). The average Bonchev–Trinajstić information content (AvgIpc) is 2.07. The summed E-state index contributed by atoms with van der Waals surface area (Å²) in [7, 11) is 0. The Kier molecular flexibility index (Phi) is 4.04. The minimum atomic E-state index is -0.644. The third-order valence-electron chi connectivity index (χ3n) is 2.48. The first-order valence-electron chi connectivity index (χ1n) is 6.15. The van der Waals surface area contributed by atoms with Crippen LogP contribution in [0.3, 0.4) is 0 Å². The van der Waals surface area contributed by atoms with Gasteiger partial charge in [0.1, 0.15) is 5.60 Å². The van der Waals surface area contributed by atoms with Crippen molar-refractivity contribution in [2.45, 2.75) is 53.6 Å². The maximum Gasteiger partial charge on any atom is 0.191 e. The second kappa shape index (κ2) is 4.87. The van der Waals surface area contributed by atoms with Crippen LogP contribution in [0, 0.1) is 24.0 Å². The first kappa shape index (κ1) is 14.9. The quantitative estimate of drug-likeness (QED) is 0.750. The van der Waals surface area contributed by atoms with Crippen LogP contribution in [0.25, 0.3) is 0 Å². The zero-order chi connectivity index (χ0) is 14.1. The predicted octanol–water partition coefficient (Wildman–Crippen LogP) is 4.87. The SMILES string of the molecule is Cc1cc(F)c(OC(C)(C)CC(C)(C)C)c(F)c1. The van der Waals surface area contributed by atoms with Crippen molar-refractivity contribution in [1.82, 2.24) is 0 Å². The Labute approximate surface area is 108 Å². The van der Waals surface area contributed by atoms with Crippen molar-refractivity contribution in [1.29, 1.82) is 0 Å². The molecule has 0 amide bonds. The van der Waals surface area contributed by atoms with Gasteiger partial charge in [0.05, 0.1) is 0 Å². The Morgan fingerprint density at radius 1 is 1.00 bits per heavy atom. The van der Waals surface area contributed by atoms with Gasteiger partial charge in [0, 0.05) is 0 Å². The summed E-state index contributed by atoms with van der Waals surface area (Å²) in [6, 6.07) is 2.57. The normalized spacial score (nSPS) is 12.7. The number of hydrogen-bond acceptors (Lipinski definition) is 1. The fourth-order valence-electron chi connectivity index (χ4n) is 2.37. The van der Waals surface area contributed by atoms with Crippen molar-refractivity contribution in [3.8, 4) is 5.75 Å². The molecule has 0 radical (unpaired) electrons. The second-order valence-electron chi connectivity index (χ2n) is 6.66. The number of rotatable bonds is 3. The molecule has 18 heavy (non-hydrogen) atoms. The number of aryl methyl sites for hydroxylation is 1. The lowest BCUT2D eigenvalue weighted by atomic mass is 9.83. The third-order valence-corrected chi connectivity index (χ3v) is 2.48.